The van der Waals surface area contributed by atoms with Gasteiger partial charge in [0.25, 0.3) is 0 Å². The SMILES string of the molecule is CC(C)NCC(O)COc1cc(Br)ccc1Cl. The number of benzene rings is 1. The molecule has 1 rings (SSSR count). The lowest BCUT2D eigenvalue weighted by molar-refractivity contribution is 0.104. The smallest absolute Gasteiger partial charge is 0.139 e. The van der Waals surface area contributed by atoms with Gasteiger partial charge in [0.05, 0.1) is 5.02 Å². The Labute approximate surface area is 115 Å². The predicted molar refractivity (Wildman–Crippen MR) is 73.8 cm³/mol. The molecule has 0 heterocycles. The minimum atomic E-state index is -0.549. The first-order valence-electron chi connectivity index (χ1n) is 5.48. The second-order valence-corrected chi connectivity index (χ2v) is 5.43. The maximum absolute atomic E-state index is 9.68. The molecular weight excluding hydrogens is 305 g/mol. The van der Waals surface area contributed by atoms with Gasteiger partial charge in [0.1, 0.15) is 18.5 Å². The topological polar surface area (TPSA) is 41.5 Å². The van der Waals surface area contributed by atoms with Crippen LogP contribution >= 0.6 is 27.5 Å². The third kappa shape index (κ3) is 5.73. The largest absolute Gasteiger partial charge is 0.489 e. The van der Waals surface area contributed by atoms with Crippen LogP contribution in [0.25, 0.3) is 0 Å². The lowest BCUT2D eigenvalue weighted by Gasteiger charge is -2.15. The molecule has 1 aromatic rings. The first-order chi connectivity index (χ1) is 7.99. The van der Waals surface area contributed by atoms with Crippen molar-refractivity contribution in [2.45, 2.75) is 26.0 Å². The molecule has 1 atom stereocenters. The van der Waals surface area contributed by atoms with Gasteiger partial charge >= 0.3 is 0 Å². The van der Waals surface area contributed by atoms with Gasteiger partial charge in [0, 0.05) is 17.1 Å². The minimum absolute atomic E-state index is 0.218. The van der Waals surface area contributed by atoms with Crippen molar-refractivity contribution in [3.8, 4) is 5.75 Å². The molecule has 0 amide bonds. The molecule has 0 spiro atoms. The Morgan fingerprint density at radius 3 is 2.82 bits per heavy atom. The number of aliphatic hydroxyl groups is 1. The van der Waals surface area contributed by atoms with Crippen LogP contribution in [0.5, 0.6) is 5.75 Å². The molecule has 0 saturated heterocycles. The molecule has 2 N–H and O–H groups in total. The highest BCUT2D eigenvalue weighted by atomic mass is 79.9. The second-order valence-electron chi connectivity index (χ2n) is 4.10. The van der Waals surface area contributed by atoms with E-state index in [1.807, 2.05) is 19.9 Å². The normalized spacial score (nSPS) is 12.8. The summed E-state index contributed by atoms with van der Waals surface area (Å²) in [5.74, 6) is 0.574. The number of ether oxygens (including phenoxy) is 1. The van der Waals surface area contributed by atoms with E-state index < -0.39 is 6.10 Å². The van der Waals surface area contributed by atoms with Crippen LogP contribution in [-0.4, -0.2) is 30.4 Å². The predicted octanol–water partition coefficient (Wildman–Crippen LogP) is 2.84. The molecule has 0 radical (unpaired) electrons. The molecule has 0 aromatic heterocycles. The molecule has 0 aliphatic rings. The Morgan fingerprint density at radius 1 is 1.47 bits per heavy atom. The molecule has 1 aromatic carbocycles. The number of rotatable bonds is 6. The molecule has 0 aliphatic carbocycles. The van der Waals surface area contributed by atoms with E-state index in [1.54, 1.807) is 12.1 Å². The highest BCUT2D eigenvalue weighted by molar-refractivity contribution is 9.10. The first-order valence-corrected chi connectivity index (χ1v) is 6.65. The summed E-state index contributed by atoms with van der Waals surface area (Å²) in [6.07, 6.45) is -0.549. The summed E-state index contributed by atoms with van der Waals surface area (Å²) < 4.78 is 6.35. The molecule has 1 unspecified atom stereocenters. The summed E-state index contributed by atoms with van der Waals surface area (Å²) in [6.45, 7) is 4.77. The van der Waals surface area contributed by atoms with Gasteiger partial charge in [0.2, 0.25) is 0 Å². The average molecular weight is 323 g/mol. The Balaban J connectivity index is 2.41. The third-order valence-electron chi connectivity index (χ3n) is 2.09. The Bertz CT molecular complexity index is 360. The summed E-state index contributed by atoms with van der Waals surface area (Å²) >= 11 is 9.30. The third-order valence-corrected chi connectivity index (χ3v) is 2.89. The van der Waals surface area contributed by atoms with Crippen LogP contribution in [0.4, 0.5) is 0 Å². The van der Waals surface area contributed by atoms with Gasteiger partial charge in [-0.1, -0.05) is 41.4 Å². The summed E-state index contributed by atoms with van der Waals surface area (Å²) in [6, 6.07) is 5.72. The van der Waals surface area contributed by atoms with Crippen molar-refractivity contribution in [1.82, 2.24) is 5.32 Å². The fourth-order valence-electron chi connectivity index (χ4n) is 1.20. The van der Waals surface area contributed by atoms with E-state index in [0.29, 0.717) is 23.4 Å². The Morgan fingerprint density at radius 2 is 2.18 bits per heavy atom. The van der Waals surface area contributed by atoms with E-state index in [1.165, 1.54) is 0 Å². The van der Waals surface area contributed by atoms with Gasteiger partial charge in [-0.3, -0.25) is 0 Å². The molecule has 0 bridgehead atoms. The summed E-state index contributed by atoms with van der Waals surface area (Å²) in [4.78, 5) is 0. The van der Waals surface area contributed by atoms with Gasteiger partial charge in [-0.2, -0.15) is 0 Å². The van der Waals surface area contributed by atoms with Crippen molar-refractivity contribution >= 4 is 27.5 Å². The zero-order chi connectivity index (χ0) is 12.8. The number of aliphatic hydroxyl groups excluding tert-OH is 1. The van der Waals surface area contributed by atoms with Crippen LogP contribution in [0.15, 0.2) is 22.7 Å². The second kappa shape index (κ2) is 7.21. The van der Waals surface area contributed by atoms with E-state index in [4.69, 9.17) is 16.3 Å². The zero-order valence-electron chi connectivity index (χ0n) is 9.91. The van der Waals surface area contributed by atoms with E-state index in [9.17, 15) is 5.11 Å². The lowest BCUT2D eigenvalue weighted by Crippen LogP contribution is -2.35. The molecule has 17 heavy (non-hydrogen) atoms. The average Bonchev–Trinajstić information content (AvgIpc) is 2.27. The van der Waals surface area contributed by atoms with Crippen LogP contribution in [-0.2, 0) is 0 Å². The Hall–Kier alpha value is -0.290. The van der Waals surface area contributed by atoms with Crippen LogP contribution < -0.4 is 10.1 Å². The van der Waals surface area contributed by atoms with Crippen LogP contribution in [0.1, 0.15) is 13.8 Å². The van der Waals surface area contributed by atoms with Gasteiger partial charge in [-0.25, -0.2) is 0 Å². The maximum atomic E-state index is 9.68. The van der Waals surface area contributed by atoms with Gasteiger partial charge in [-0.15, -0.1) is 0 Å². The number of halogens is 2. The van der Waals surface area contributed by atoms with Crippen molar-refractivity contribution in [2.75, 3.05) is 13.2 Å². The van der Waals surface area contributed by atoms with Gasteiger partial charge in [0.15, 0.2) is 0 Å². The molecule has 0 fully saturated rings. The van der Waals surface area contributed by atoms with Gasteiger partial charge < -0.3 is 15.2 Å². The first kappa shape index (κ1) is 14.8. The molecule has 0 saturated carbocycles. The minimum Gasteiger partial charge on any atom is -0.489 e. The van der Waals surface area contributed by atoms with E-state index in [0.717, 1.165) is 4.47 Å². The van der Waals surface area contributed by atoms with Crippen LogP contribution in [0.2, 0.25) is 5.02 Å². The molecular formula is C12H17BrClNO2. The molecule has 5 heteroatoms. The van der Waals surface area contributed by atoms with E-state index in [-0.39, 0.29) is 6.61 Å². The molecule has 0 aliphatic heterocycles. The summed E-state index contributed by atoms with van der Waals surface area (Å²) in [5.41, 5.74) is 0. The quantitative estimate of drug-likeness (QED) is 0.846. The number of hydrogen-bond donors (Lipinski definition) is 2. The summed E-state index contributed by atoms with van der Waals surface area (Å²) in [7, 11) is 0. The fourth-order valence-corrected chi connectivity index (χ4v) is 1.72. The number of nitrogens with one attached hydrogen (secondary N) is 1. The van der Waals surface area contributed by atoms with Crippen molar-refractivity contribution in [2.24, 2.45) is 0 Å². The van der Waals surface area contributed by atoms with Crippen molar-refractivity contribution in [3.63, 3.8) is 0 Å². The van der Waals surface area contributed by atoms with Crippen molar-refractivity contribution < 1.29 is 9.84 Å². The van der Waals surface area contributed by atoms with Gasteiger partial charge in [-0.05, 0) is 18.2 Å². The molecule has 3 nitrogen and oxygen atoms in total. The van der Waals surface area contributed by atoms with Crippen LogP contribution in [0, 0.1) is 0 Å². The monoisotopic (exact) mass is 321 g/mol. The zero-order valence-corrected chi connectivity index (χ0v) is 12.3. The standard InChI is InChI=1S/C12H17BrClNO2/c1-8(2)15-6-10(16)7-17-12-5-9(13)3-4-11(12)14/h3-5,8,10,15-16H,6-7H2,1-2H3. The number of hydrogen-bond acceptors (Lipinski definition) is 3. The highest BCUT2D eigenvalue weighted by Crippen LogP contribution is 2.27. The fraction of sp³-hybridized carbons (Fsp3) is 0.500. The molecule has 96 valence electrons. The maximum Gasteiger partial charge on any atom is 0.139 e. The van der Waals surface area contributed by atoms with Crippen molar-refractivity contribution in [1.29, 1.82) is 0 Å². The summed E-state index contributed by atoms with van der Waals surface area (Å²) in [5, 5.41) is 13.4. The van der Waals surface area contributed by atoms with Crippen LogP contribution in [0.3, 0.4) is 0 Å². The van der Waals surface area contributed by atoms with Crippen molar-refractivity contribution in [3.05, 3.63) is 27.7 Å². The highest BCUT2D eigenvalue weighted by Gasteiger charge is 2.08. The van der Waals surface area contributed by atoms with E-state index in [2.05, 4.69) is 21.2 Å². The Kier molecular flexibility index (Phi) is 6.27. The lowest BCUT2D eigenvalue weighted by atomic mass is 10.3. The van der Waals surface area contributed by atoms with E-state index >= 15 is 0 Å².